The zero-order valence-electron chi connectivity index (χ0n) is 36.9. The van der Waals surface area contributed by atoms with Gasteiger partial charge in [-0.1, -0.05) is 141 Å². The van der Waals surface area contributed by atoms with Gasteiger partial charge >= 0.3 is 0 Å². The molecule has 6 heteroatoms. The molecule has 0 radical (unpaired) electrons. The van der Waals surface area contributed by atoms with Crippen LogP contribution in [0, 0.1) is 6.92 Å². The summed E-state index contributed by atoms with van der Waals surface area (Å²) in [5, 5.41) is 2.47. The number of nitrogens with zero attached hydrogens (tertiary/aromatic N) is 2. The first kappa shape index (κ1) is 36.7. The van der Waals surface area contributed by atoms with Crippen LogP contribution in [0.25, 0.3) is 27.5 Å². The molecule has 0 N–H and O–H groups in total. The van der Waals surface area contributed by atoms with E-state index < -0.39 is 0 Å². The Morgan fingerprint density at radius 3 is 1.56 bits per heavy atom. The Morgan fingerprint density at radius 1 is 0.459 bits per heavy atom. The number of aromatic nitrogens is 1. The van der Waals surface area contributed by atoms with Crippen molar-refractivity contribution >= 4 is 85.1 Å². The molecule has 7 aromatic carbocycles. The lowest BCUT2D eigenvalue weighted by Crippen LogP contribution is -2.67. The van der Waals surface area contributed by atoms with Gasteiger partial charge in [0.05, 0.1) is 11.0 Å². The van der Waals surface area contributed by atoms with E-state index in [0.29, 0.717) is 0 Å². The van der Waals surface area contributed by atoms with Gasteiger partial charge in [-0.2, -0.15) is 0 Å². The van der Waals surface area contributed by atoms with E-state index >= 15 is 0 Å². The first-order valence-electron chi connectivity index (χ1n) is 22.0. The monoisotopic (exact) mass is 792 g/mol. The lowest BCUT2D eigenvalue weighted by Gasteiger charge is -2.48. The summed E-state index contributed by atoms with van der Waals surface area (Å²) in [5.41, 5.74) is 19.6. The number of hydrogen-bond donors (Lipinski definition) is 0. The maximum Gasteiger partial charge on any atom is 0.256 e. The van der Waals surface area contributed by atoms with Gasteiger partial charge in [0.15, 0.2) is 0 Å². The molecule has 0 atom stereocenters. The van der Waals surface area contributed by atoms with Crippen LogP contribution >= 0.6 is 0 Å². The lowest BCUT2D eigenvalue weighted by molar-refractivity contribution is 0.459. The third kappa shape index (κ3) is 5.02. The second-order valence-electron chi connectivity index (χ2n) is 21.0. The predicted octanol–water partition coefficient (Wildman–Crippen LogP) is 10.3. The van der Waals surface area contributed by atoms with E-state index in [-0.39, 0.29) is 29.7 Å². The lowest BCUT2D eigenvalue weighted by atomic mass is 9.29. The summed E-state index contributed by atoms with van der Waals surface area (Å²) in [5.74, 6) is 3.65. The zero-order chi connectivity index (χ0) is 42.1. The van der Waals surface area contributed by atoms with E-state index in [0.717, 1.165) is 39.8 Å². The largest absolute Gasteiger partial charge is 0.458 e. The average molecular weight is 793 g/mol. The van der Waals surface area contributed by atoms with Gasteiger partial charge in [0.1, 0.15) is 23.0 Å². The van der Waals surface area contributed by atoms with E-state index in [1.54, 1.807) is 0 Å². The molecule has 12 rings (SSSR count). The first-order valence-corrected chi connectivity index (χ1v) is 22.0. The fourth-order valence-electron chi connectivity index (χ4n) is 10.9. The van der Waals surface area contributed by atoms with Crippen LogP contribution in [0.4, 0.5) is 17.1 Å². The second-order valence-corrected chi connectivity index (χ2v) is 21.0. The summed E-state index contributed by atoms with van der Waals surface area (Å²) in [6.07, 6.45) is 0. The predicted molar refractivity (Wildman–Crippen MR) is 259 cm³/mol. The van der Waals surface area contributed by atoms with Gasteiger partial charge in [-0.15, -0.1) is 0 Å². The molecule has 0 fully saturated rings. The zero-order valence-corrected chi connectivity index (χ0v) is 36.9. The molecular weight excluding hydrogens is 742 g/mol. The number of ether oxygens (including phenoxy) is 2. The summed E-state index contributed by atoms with van der Waals surface area (Å²) >= 11 is 0. The molecule has 0 aliphatic carbocycles. The van der Waals surface area contributed by atoms with E-state index in [1.165, 1.54) is 82.8 Å². The topological polar surface area (TPSA) is 26.6 Å². The molecule has 0 unspecified atom stereocenters. The molecule has 0 spiro atoms. The van der Waals surface area contributed by atoms with E-state index in [4.69, 9.17) is 9.47 Å². The van der Waals surface area contributed by atoms with Crippen molar-refractivity contribution in [2.75, 3.05) is 4.90 Å². The normalized spacial score (nSPS) is 14.6. The molecule has 5 heterocycles. The Morgan fingerprint density at radius 2 is 0.967 bits per heavy atom. The number of benzene rings is 7. The fraction of sp³-hybridized carbons (Fsp3) is 0.236. The fourth-order valence-corrected chi connectivity index (χ4v) is 10.9. The van der Waals surface area contributed by atoms with Gasteiger partial charge in [-0.05, 0) is 109 Å². The van der Waals surface area contributed by atoms with Crippen LogP contribution in [0.2, 0.25) is 0 Å². The highest BCUT2D eigenvalue weighted by atomic mass is 16.5. The Kier molecular flexibility index (Phi) is 7.24. The van der Waals surface area contributed by atoms with Gasteiger partial charge in [0.25, 0.3) is 13.4 Å². The van der Waals surface area contributed by atoms with Crippen molar-refractivity contribution in [2.24, 2.45) is 0 Å². The third-order valence-corrected chi connectivity index (χ3v) is 14.1. The van der Waals surface area contributed by atoms with Gasteiger partial charge in [0.2, 0.25) is 0 Å². The van der Waals surface area contributed by atoms with Crippen molar-refractivity contribution in [3.05, 3.63) is 144 Å². The Labute approximate surface area is 360 Å². The Balaban J connectivity index is 1.21. The van der Waals surface area contributed by atoms with Crippen LogP contribution in [0.5, 0.6) is 23.0 Å². The summed E-state index contributed by atoms with van der Waals surface area (Å²) in [4.78, 5) is 2.57. The number of para-hydroxylation sites is 2. The van der Waals surface area contributed by atoms with Crippen molar-refractivity contribution in [1.29, 1.82) is 0 Å². The minimum Gasteiger partial charge on any atom is -0.458 e. The molecule has 4 aliphatic heterocycles. The molecule has 61 heavy (non-hydrogen) atoms. The van der Waals surface area contributed by atoms with Crippen molar-refractivity contribution in [1.82, 2.24) is 4.57 Å². The maximum atomic E-state index is 7.42. The highest BCUT2D eigenvalue weighted by molar-refractivity contribution is 7.03. The maximum absolute atomic E-state index is 7.42. The summed E-state index contributed by atoms with van der Waals surface area (Å²) in [6, 6.07) is 45.7. The number of fused-ring (bicyclic) bond motifs is 13. The smallest absolute Gasteiger partial charge is 0.256 e. The SMILES string of the molecule is Cc1c2c3c4c5c1Oc1cc6c(cc1B5c1cc(C(C)(C)C)ccc1N4c1ccc(C(C)(C)C)cc1B3c1cc(C(C)(C)C)ccc1O2)c1ccccc1n6-c1ccccc1. The minimum absolute atomic E-state index is 0.0163. The van der Waals surface area contributed by atoms with Crippen molar-refractivity contribution < 1.29 is 9.47 Å². The van der Waals surface area contributed by atoms with E-state index in [9.17, 15) is 0 Å². The van der Waals surface area contributed by atoms with Crippen LogP contribution in [-0.2, 0) is 16.2 Å². The van der Waals surface area contributed by atoms with Gasteiger partial charge < -0.3 is 18.9 Å². The highest BCUT2D eigenvalue weighted by Crippen LogP contribution is 2.49. The molecule has 1 aromatic heterocycles. The van der Waals surface area contributed by atoms with Crippen LogP contribution in [0.1, 0.15) is 84.6 Å². The highest BCUT2D eigenvalue weighted by Gasteiger charge is 2.52. The number of hydrogen-bond acceptors (Lipinski definition) is 3. The van der Waals surface area contributed by atoms with Crippen LogP contribution in [-0.4, -0.2) is 18.0 Å². The molecule has 298 valence electrons. The Bertz CT molecular complexity index is 3230. The molecule has 0 saturated heterocycles. The standard InChI is InChI=1S/C55H50B2N2O2/c1-31-51-48-50-49-52(31)61-47-30-45-37(36-18-14-15-19-42(36)58(45)35-16-12-11-13-17-35)29-41(47)57(49)39-27-33(54(5,6)7)21-24-44(39)59(50)43-23-20-32(53(2,3)4)26-38(43)56(48)40-28-34(55(8,9)10)22-25-46(40)60-51/h11-30H,1-10H3. The number of anilines is 3. The molecule has 4 nitrogen and oxygen atoms in total. The van der Waals surface area contributed by atoms with Crippen molar-refractivity contribution in [3.63, 3.8) is 0 Å². The van der Waals surface area contributed by atoms with Crippen molar-refractivity contribution in [3.8, 4) is 28.7 Å². The summed E-state index contributed by atoms with van der Waals surface area (Å²) < 4.78 is 17.0. The van der Waals surface area contributed by atoms with Crippen LogP contribution in [0.3, 0.4) is 0 Å². The van der Waals surface area contributed by atoms with E-state index in [1.807, 2.05) is 0 Å². The quantitative estimate of drug-likeness (QED) is 0.155. The summed E-state index contributed by atoms with van der Waals surface area (Å²) in [6.45, 7) is 23.0. The summed E-state index contributed by atoms with van der Waals surface area (Å²) in [7, 11) is 0. The molecule has 0 bridgehead atoms. The Hall–Kier alpha value is -6.13. The van der Waals surface area contributed by atoms with E-state index in [2.05, 4.69) is 200 Å². The van der Waals surface area contributed by atoms with Crippen molar-refractivity contribution in [2.45, 2.75) is 85.5 Å². The molecule has 0 saturated carbocycles. The number of rotatable bonds is 1. The molecule has 8 aromatic rings. The van der Waals surface area contributed by atoms with Crippen LogP contribution in [0.15, 0.2) is 121 Å². The molecular formula is C55H50B2N2O2. The second kappa shape index (κ2) is 12.0. The van der Waals surface area contributed by atoms with Crippen LogP contribution < -0.4 is 47.2 Å². The van der Waals surface area contributed by atoms with Gasteiger partial charge in [0, 0.05) is 45.2 Å². The average Bonchev–Trinajstić information content (AvgIpc) is 3.55. The molecule has 0 amide bonds. The van der Waals surface area contributed by atoms with Gasteiger partial charge in [-0.3, -0.25) is 0 Å². The first-order chi connectivity index (χ1) is 29.1. The molecule has 4 aliphatic rings. The van der Waals surface area contributed by atoms with Gasteiger partial charge in [-0.25, -0.2) is 0 Å². The third-order valence-electron chi connectivity index (χ3n) is 14.1. The minimum atomic E-state index is -0.0621.